The van der Waals surface area contributed by atoms with Crippen molar-refractivity contribution < 1.29 is 4.79 Å². The SMILES string of the molecule is CCN(Cc1cccs1)C(=O)C1CC2CCC1N2. The third kappa shape index (κ3) is 2.19. The van der Waals surface area contributed by atoms with Crippen LogP contribution in [-0.4, -0.2) is 29.4 Å². The van der Waals surface area contributed by atoms with E-state index < -0.39 is 0 Å². The summed E-state index contributed by atoms with van der Waals surface area (Å²) in [5.74, 6) is 0.578. The molecule has 0 spiro atoms. The second-order valence-corrected chi connectivity index (χ2v) is 6.35. The molecule has 3 unspecified atom stereocenters. The summed E-state index contributed by atoms with van der Waals surface area (Å²) in [6.45, 7) is 3.66. The Labute approximate surface area is 112 Å². The van der Waals surface area contributed by atoms with Gasteiger partial charge in [-0.15, -0.1) is 11.3 Å². The largest absolute Gasteiger partial charge is 0.338 e. The molecule has 2 saturated heterocycles. The molecule has 3 rings (SSSR count). The van der Waals surface area contributed by atoms with Crippen LogP contribution in [0.5, 0.6) is 0 Å². The van der Waals surface area contributed by atoms with Gasteiger partial charge in [-0.1, -0.05) is 6.07 Å². The maximum absolute atomic E-state index is 12.6. The normalized spacial score (nSPS) is 29.7. The first-order chi connectivity index (χ1) is 8.78. The minimum absolute atomic E-state index is 0.226. The van der Waals surface area contributed by atoms with E-state index in [4.69, 9.17) is 0 Å². The topological polar surface area (TPSA) is 32.3 Å². The van der Waals surface area contributed by atoms with Crippen molar-refractivity contribution in [3.63, 3.8) is 0 Å². The molecular weight excluding hydrogens is 244 g/mol. The number of rotatable bonds is 4. The summed E-state index contributed by atoms with van der Waals surface area (Å²) < 4.78 is 0. The monoisotopic (exact) mass is 264 g/mol. The van der Waals surface area contributed by atoms with E-state index in [0.29, 0.717) is 18.0 Å². The van der Waals surface area contributed by atoms with Gasteiger partial charge in [-0.3, -0.25) is 4.79 Å². The van der Waals surface area contributed by atoms with E-state index in [-0.39, 0.29) is 5.92 Å². The van der Waals surface area contributed by atoms with Crippen LogP contribution in [0, 0.1) is 5.92 Å². The van der Waals surface area contributed by atoms with Crippen LogP contribution in [0.1, 0.15) is 31.1 Å². The minimum atomic E-state index is 0.226. The third-order valence-corrected chi connectivity index (χ3v) is 5.10. The first kappa shape index (κ1) is 12.2. The number of thiophene rings is 1. The van der Waals surface area contributed by atoms with Crippen molar-refractivity contribution in [1.29, 1.82) is 0 Å². The molecule has 2 aliphatic rings. The van der Waals surface area contributed by atoms with Crippen molar-refractivity contribution >= 4 is 17.2 Å². The zero-order chi connectivity index (χ0) is 12.5. The first-order valence-corrected chi connectivity index (χ1v) is 7.73. The summed E-state index contributed by atoms with van der Waals surface area (Å²) in [6, 6.07) is 5.21. The summed E-state index contributed by atoms with van der Waals surface area (Å²) in [7, 11) is 0. The second-order valence-electron chi connectivity index (χ2n) is 5.32. The van der Waals surface area contributed by atoms with Gasteiger partial charge in [-0.2, -0.15) is 0 Å². The first-order valence-electron chi connectivity index (χ1n) is 6.85. The van der Waals surface area contributed by atoms with Gasteiger partial charge in [0.05, 0.1) is 12.5 Å². The van der Waals surface area contributed by atoms with Gasteiger partial charge in [-0.25, -0.2) is 0 Å². The highest BCUT2D eigenvalue weighted by Crippen LogP contribution is 2.34. The summed E-state index contributed by atoms with van der Waals surface area (Å²) in [5.41, 5.74) is 0. The average molecular weight is 264 g/mol. The maximum atomic E-state index is 12.6. The second kappa shape index (κ2) is 5.02. The van der Waals surface area contributed by atoms with Crippen LogP contribution in [0.25, 0.3) is 0 Å². The number of hydrogen-bond donors (Lipinski definition) is 1. The molecule has 1 N–H and O–H groups in total. The Morgan fingerprint density at radius 2 is 2.44 bits per heavy atom. The number of nitrogens with zero attached hydrogens (tertiary/aromatic N) is 1. The molecule has 0 aromatic carbocycles. The van der Waals surface area contributed by atoms with Gasteiger partial charge >= 0.3 is 0 Å². The molecule has 0 saturated carbocycles. The molecule has 2 aliphatic heterocycles. The molecule has 18 heavy (non-hydrogen) atoms. The summed E-state index contributed by atoms with van der Waals surface area (Å²) >= 11 is 1.73. The Morgan fingerprint density at radius 3 is 3.00 bits per heavy atom. The van der Waals surface area contributed by atoms with E-state index in [1.807, 2.05) is 4.90 Å². The molecule has 2 fully saturated rings. The van der Waals surface area contributed by atoms with E-state index in [0.717, 1.165) is 19.5 Å². The molecule has 3 heterocycles. The van der Waals surface area contributed by atoms with Crippen molar-refractivity contribution in [3.05, 3.63) is 22.4 Å². The van der Waals surface area contributed by atoms with Crippen molar-refractivity contribution in [2.45, 2.75) is 44.8 Å². The fourth-order valence-corrected chi connectivity index (χ4v) is 3.99. The van der Waals surface area contributed by atoms with Crippen LogP contribution in [0.3, 0.4) is 0 Å². The van der Waals surface area contributed by atoms with Gasteiger partial charge in [0.15, 0.2) is 0 Å². The third-order valence-electron chi connectivity index (χ3n) is 4.24. The Hall–Kier alpha value is -0.870. The summed E-state index contributed by atoms with van der Waals surface area (Å²) in [6.07, 6.45) is 3.48. The van der Waals surface area contributed by atoms with Crippen molar-refractivity contribution in [3.8, 4) is 0 Å². The van der Waals surface area contributed by atoms with E-state index in [2.05, 4.69) is 29.8 Å². The highest BCUT2D eigenvalue weighted by Gasteiger charge is 2.43. The predicted molar refractivity (Wildman–Crippen MR) is 73.5 cm³/mol. The van der Waals surface area contributed by atoms with Crippen LogP contribution in [0.2, 0.25) is 0 Å². The maximum Gasteiger partial charge on any atom is 0.227 e. The fourth-order valence-electron chi connectivity index (χ4n) is 3.27. The van der Waals surface area contributed by atoms with Gasteiger partial charge in [-0.05, 0) is 37.6 Å². The molecule has 1 aromatic heterocycles. The predicted octanol–water partition coefficient (Wildman–Crippen LogP) is 2.24. The lowest BCUT2D eigenvalue weighted by Crippen LogP contribution is -2.40. The molecule has 1 amide bonds. The van der Waals surface area contributed by atoms with Gasteiger partial charge in [0, 0.05) is 23.5 Å². The number of carbonyl (C=O) groups is 1. The molecule has 3 atom stereocenters. The smallest absolute Gasteiger partial charge is 0.227 e. The minimum Gasteiger partial charge on any atom is -0.338 e. The van der Waals surface area contributed by atoms with Gasteiger partial charge < -0.3 is 10.2 Å². The Kier molecular flexibility index (Phi) is 3.39. The van der Waals surface area contributed by atoms with E-state index >= 15 is 0 Å². The molecule has 2 bridgehead atoms. The van der Waals surface area contributed by atoms with Gasteiger partial charge in [0.1, 0.15) is 0 Å². The average Bonchev–Trinajstić information content (AvgIpc) is 3.11. The van der Waals surface area contributed by atoms with Crippen LogP contribution < -0.4 is 5.32 Å². The molecular formula is C14H20N2OS. The highest BCUT2D eigenvalue weighted by atomic mass is 32.1. The lowest BCUT2D eigenvalue weighted by molar-refractivity contribution is -0.136. The Bertz CT molecular complexity index is 417. The van der Waals surface area contributed by atoms with Crippen molar-refractivity contribution in [1.82, 2.24) is 10.2 Å². The molecule has 4 heteroatoms. The highest BCUT2D eigenvalue weighted by molar-refractivity contribution is 7.09. The number of hydrogen-bond acceptors (Lipinski definition) is 3. The number of carbonyl (C=O) groups excluding carboxylic acids is 1. The zero-order valence-electron chi connectivity index (χ0n) is 10.8. The quantitative estimate of drug-likeness (QED) is 0.904. The summed E-state index contributed by atoms with van der Waals surface area (Å²) in [5, 5.41) is 5.63. The van der Waals surface area contributed by atoms with Gasteiger partial charge in [0.2, 0.25) is 5.91 Å². The molecule has 3 nitrogen and oxygen atoms in total. The lowest BCUT2D eigenvalue weighted by atomic mass is 9.88. The van der Waals surface area contributed by atoms with E-state index in [1.54, 1.807) is 11.3 Å². The van der Waals surface area contributed by atoms with Crippen LogP contribution in [-0.2, 0) is 11.3 Å². The molecule has 1 aromatic rings. The lowest BCUT2D eigenvalue weighted by Gasteiger charge is -2.27. The van der Waals surface area contributed by atoms with Crippen molar-refractivity contribution in [2.75, 3.05) is 6.54 Å². The number of nitrogens with one attached hydrogen (secondary N) is 1. The van der Waals surface area contributed by atoms with E-state index in [9.17, 15) is 4.79 Å². The molecule has 98 valence electrons. The number of fused-ring (bicyclic) bond motifs is 2. The standard InChI is InChI=1S/C14H20N2OS/c1-2-16(9-11-4-3-7-18-11)14(17)12-8-10-5-6-13(12)15-10/h3-4,7,10,12-13,15H,2,5-6,8-9H2,1H3. The van der Waals surface area contributed by atoms with Crippen molar-refractivity contribution in [2.24, 2.45) is 5.92 Å². The van der Waals surface area contributed by atoms with Crippen LogP contribution in [0.4, 0.5) is 0 Å². The zero-order valence-corrected chi connectivity index (χ0v) is 11.6. The van der Waals surface area contributed by atoms with Crippen LogP contribution in [0.15, 0.2) is 17.5 Å². The Balaban J connectivity index is 1.66. The van der Waals surface area contributed by atoms with Crippen LogP contribution >= 0.6 is 11.3 Å². The number of amides is 1. The Morgan fingerprint density at radius 1 is 1.56 bits per heavy atom. The van der Waals surface area contributed by atoms with E-state index in [1.165, 1.54) is 17.7 Å². The van der Waals surface area contributed by atoms with Gasteiger partial charge in [0.25, 0.3) is 0 Å². The summed E-state index contributed by atoms with van der Waals surface area (Å²) in [4.78, 5) is 15.9. The molecule has 0 radical (unpaired) electrons. The fraction of sp³-hybridized carbons (Fsp3) is 0.643. The molecule has 0 aliphatic carbocycles.